The third-order valence-corrected chi connectivity index (χ3v) is 11.8. The first-order valence-electron chi connectivity index (χ1n) is 13.6. The highest BCUT2D eigenvalue weighted by Crippen LogP contribution is 2.71. The molecule has 3 heterocycles. The molecule has 0 aliphatic carbocycles. The number of esters is 4. The molecule has 0 unspecified atom stereocenters. The number of thioether (sulfide) groups is 3. The van der Waals surface area contributed by atoms with Gasteiger partial charge in [-0.25, -0.2) is 19.2 Å². The van der Waals surface area contributed by atoms with Crippen LogP contribution in [-0.4, -0.2) is 74.4 Å². The van der Waals surface area contributed by atoms with Gasteiger partial charge in [-0.05, 0) is 45.4 Å². The van der Waals surface area contributed by atoms with E-state index in [1.807, 2.05) is 27.7 Å². The first kappa shape index (κ1) is 33.5. The van der Waals surface area contributed by atoms with Crippen molar-refractivity contribution in [1.82, 2.24) is 0 Å². The molecule has 0 atom stereocenters. The summed E-state index contributed by atoms with van der Waals surface area (Å²) in [6.07, 6.45) is 0.854. The maximum atomic E-state index is 13.8. The van der Waals surface area contributed by atoms with Crippen molar-refractivity contribution in [2.45, 2.75) is 50.2 Å². The van der Waals surface area contributed by atoms with E-state index in [2.05, 4.69) is 0 Å². The maximum Gasteiger partial charge on any atom is 0.345 e. The van der Waals surface area contributed by atoms with E-state index in [9.17, 15) is 24.0 Å². The Labute approximate surface area is 268 Å². The van der Waals surface area contributed by atoms with E-state index >= 15 is 0 Å². The number of fused-ring (bicyclic) bond motifs is 3. The lowest BCUT2D eigenvalue weighted by atomic mass is 9.83. The molecule has 1 aromatic carbocycles. The van der Waals surface area contributed by atoms with Gasteiger partial charge in [0.1, 0.15) is 24.5 Å². The lowest BCUT2D eigenvalue weighted by molar-refractivity contribution is -0.138. The van der Waals surface area contributed by atoms with Crippen LogP contribution in [0.25, 0.3) is 5.57 Å². The first-order chi connectivity index (χ1) is 20.9. The summed E-state index contributed by atoms with van der Waals surface area (Å²) in [6, 6.07) is 5.28. The van der Waals surface area contributed by atoms with Crippen molar-refractivity contribution in [2.75, 3.05) is 39.9 Å². The van der Waals surface area contributed by atoms with Crippen LogP contribution in [0.3, 0.4) is 0 Å². The van der Waals surface area contributed by atoms with Gasteiger partial charge in [0.2, 0.25) is 5.91 Å². The fourth-order valence-corrected chi connectivity index (χ4v) is 10.4. The number of nitrogens with zero attached hydrogens (tertiary/aromatic N) is 1. The molecule has 14 heteroatoms. The molecule has 1 spiro atoms. The van der Waals surface area contributed by atoms with Crippen LogP contribution < -0.4 is 9.64 Å². The predicted octanol–water partition coefficient (Wildman–Crippen LogP) is 4.80. The van der Waals surface area contributed by atoms with E-state index < -0.39 is 33.5 Å². The van der Waals surface area contributed by atoms with Gasteiger partial charge in [0, 0.05) is 22.5 Å². The number of rotatable bonds is 8. The fourth-order valence-electron chi connectivity index (χ4n) is 5.32. The topological polar surface area (TPSA) is 135 Å². The largest absolute Gasteiger partial charge is 0.494 e. The van der Waals surface area contributed by atoms with Crippen molar-refractivity contribution < 1.29 is 47.7 Å². The second kappa shape index (κ2) is 12.9. The molecule has 0 saturated heterocycles. The van der Waals surface area contributed by atoms with Crippen LogP contribution in [0.15, 0.2) is 43.4 Å². The van der Waals surface area contributed by atoms with Crippen molar-refractivity contribution in [1.29, 1.82) is 0 Å². The minimum atomic E-state index is -1.65. The highest BCUT2D eigenvalue weighted by molar-refractivity contribution is 8.26. The first-order valence-corrected chi connectivity index (χ1v) is 16.1. The third-order valence-electron chi connectivity index (χ3n) is 7.13. The van der Waals surface area contributed by atoms with Gasteiger partial charge in [-0.2, -0.15) is 0 Å². The Kier molecular flexibility index (Phi) is 9.86. The molecule has 3 aliphatic rings. The lowest BCUT2D eigenvalue weighted by Gasteiger charge is -2.50. The van der Waals surface area contributed by atoms with Crippen LogP contribution in [0.1, 0.15) is 46.1 Å². The number of ether oxygens (including phenoxy) is 5. The number of carbonyl (C=O) groups excluding carboxylic acids is 5. The molecule has 1 aromatic rings. The van der Waals surface area contributed by atoms with Gasteiger partial charge in [0.15, 0.2) is 0 Å². The van der Waals surface area contributed by atoms with Gasteiger partial charge < -0.3 is 28.6 Å². The van der Waals surface area contributed by atoms with Crippen LogP contribution in [0.4, 0.5) is 5.69 Å². The molecule has 4 rings (SSSR count). The van der Waals surface area contributed by atoms with E-state index in [0.29, 0.717) is 40.5 Å². The SMILES string of the molecule is CCCC(=O)N1c2ccc(OCC)cc2C2=C(SC(C(=O)OC)=C(C(=O)OC)C23SC(C(=O)OC)=C(C(=O)OC)S3)C1(C)C. The summed E-state index contributed by atoms with van der Waals surface area (Å²) in [6.45, 7) is 7.78. The van der Waals surface area contributed by atoms with Gasteiger partial charge in [-0.1, -0.05) is 42.2 Å². The summed E-state index contributed by atoms with van der Waals surface area (Å²) < 4.78 is 24.6. The van der Waals surface area contributed by atoms with Crippen LogP contribution in [0.2, 0.25) is 0 Å². The third kappa shape index (κ3) is 5.30. The molecule has 0 fully saturated rings. The van der Waals surface area contributed by atoms with Crippen molar-refractivity contribution in [2.24, 2.45) is 0 Å². The molecule has 3 aliphatic heterocycles. The normalized spacial score (nSPS) is 18.0. The van der Waals surface area contributed by atoms with Gasteiger partial charge in [0.25, 0.3) is 0 Å². The number of amides is 1. The van der Waals surface area contributed by atoms with Crippen LogP contribution in [0, 0.1) is 0 Å². The van der Waals surface area contributed by atoms with Crippen molar-refractivity contribution >= 4 is 76.3 Å². The summed E-state index contributed by atoms with van der Waals surface area (Å²) in [5, 5.41) is 0. The minimum absolute atomic E-state index is 0.103. The molecule has 236 valence electrons. The highest BCUT2D eigenvalue weighted by Gasteiger charge is 2.61. The Bertz CT molecular complexity index is 1510. The second-order valence-electron chi connectivity index (χ2n) is 10.1. The standard InChI is InChI=1S/C30H33NO10S3/c1-9-11-18(32)31-17-13-12-15(41-10-2)14-16(17)19-24(29(31,3)4)42-21(26(34)38-6)20(25(33)37-5)30(19)43-22(27(35)39-7)23(44-30)28(36)40-8/h12-14H,9-11H2,1-8H3. The number of carbonyl (C=O) groups is 5. The van der Waals surface area contributed by atoms with Gasteiger partial charge in [-0.3, -0.25) is 4.79 Å². The molecule has 1 amide bonds. The molecule has 0 radical (unpaired) electrons. The van der Waals surface area contributed by atoms with Crippen LogP contribution >= 0.6 is 35.3 Å². The predicted molar refractivity (Wildman–Crippen MR) is 169 cm³/mol. The number of hydrogen-bond acceptors (Lipinski definition) is 13. The summed E-state index contributed by atoms with van der Waals surface area (Å²) >= 11 is 2.74. The highest BCUT2D eigenvalue weighted by atomic mass is 32.2. The maximum absolute atomic E-state index is 13.8. The number of anilines is 1. The van der Waals surface area contributed by atoms with E-state index in [1.165, 1.54) is 28.4 Å². The van der Waals surface area contributed by atoms with Crippen molar-refractivity contribution in [3.8, 4) is 5.75 Å². The van der Waals surface area contributed by atoms with E-state index in [-0.39, 0.29) is 32.6 Å². The zero-order valence-corrected chi connectivity index (χ0v) is 28.1. The quantitative estimate of drug-likeness (QED) is 0.279. The minimum Gasteiger partial charge on any atom is -0.494 e. The molecule has 11 nitrogen and oxygen atoms in total. The molecular formula is C30H33NO10S3. The van der Waals surface area contributed by atoms with Gasteiger partial charge in [-0.15, -0.1) is 0 Å². The Morgan fingerprint density at radius 2 is 1.34 bits per heavy atom. The van der Waals surface area contributed by atoms with E-state index in [1.54, 1.807) is 23.1 Å². The second-order valence-corrected chi connectivity index (χ2v) is 13.8. The number of methoxy groups -OCH3 is 4. The molecule has 44 heavy (non-hydrogen) atoms. The number of benzene rings is 1. The van der Waals surface area contributed by atoms with Crippen molar-refractivity contribution in [3.63, 3.8) is 0 Å². The Hall–Kier alpha value is -3.36. The summed E-state index contributed by atoms with van der Waals surface area (Å²) in [7, 11) is 4.69. The summed E-state index contributed by atoms with van der Waals surface area (Å²) in [5.41, 5.74) is 0.341. The average Bonchev–Trinajstić information content (AvgIpc) is 3.39. The lowest BCUT2D eigenvalue weighted by Crippen LogP contribution is -2.53. The smallest absolute Gasteiger partial charge is 0.345 e. The molecule has 0 N–H and O–H groups in total. The fraction of sp³-hybridized carbons (Fsp3) is 0.433. The molecule has 0 aromatic heterocycles. The summed E-state index contributed by atoms with van der Waals surface area (Å²) in [5.74, 6) is -3.02. The molecular weight excluding hydrogens is 631 g/mol. The molecule has 0 saturated carbocycles. The van der Waals surface area contributed by atoms with E-state index in [0.717, 1.165) is 35.3 Å². The summed E-state index contributed by atoms with van der Waals surface area (Å²) in [4.78, 5) is 69.1. The van der Waals surface area contributed by atoms with E-state index in [4.69, 9.17) is 23.7 Å². The van der Waals surface area contributed by atoms with Gasteiger partial charge >= 0.3 is 23.9 Å². The Morgan fingerprint density at radius 3 is 1.84 bits per heavy atom. The zero-order valence-electron chi connectivity index (χ0n) is 25.6. The molecule has 0 bridgehead atoms. The zero-order chi connectivity index (χ0) is 32.6. The monoisotopic (exact) mass is 663 g/mol. The Morgan fingerprint density at radius 1 is 0.795 bits per heavy atom. The van der Waals surface area contributed by atoms with Crippen molar-refractivity contribution in [3.05, 3.63) is 49.0 Å². The van der Waals surface area contributed by atoms with Crippen LogP contribution in [0.5, 0.6) is 5.75 Å². The number of hydrogen-bond donors (Lipinski definition) is 0. The van der Waals surface area contributed by atoms with Crippen LogP contribution in [-0.2, 0) is 42.9 Å². The Balaban J connectivity index is 2.19. The van der Waals surface area contributed by atoms with Gasteiger partial charge in [0.05, 0.1) is 51.8 Å². The average molecular weight is 664 g/mol.